The van der Waals surface area contributed by atoms with Crippen molar-refractivity contribution in [1.29, 1.82) is 0 Å². The first-order chi connectivity index (χ1) is 17.0. The van der Waals surface area contributed by atoms with E-state index in [-0.39, 0.29) is 17.6 Å². The molecule has 1 aliphatic carbocycles. The van der Waals surface area contributed by atoms with Gasteiger partial charge in [-0.25, -0.2) is 4.79 Å². The van der Waals surface area contributed by atoms with Crippen LogP contribution in [0.1, 0.15) is 54.6 Å². The SMILES string of the molecule is Cc1ncc(Cl)cc1C(=O)N[C@H]1CC[C@H](Cn2c(=O)n(CC3CCOCC3)c3ccccc32)CC1. The molecule has 3 aromatic rings. The van der Waals surface area contributed by atoms with E-state index in [2.05, 4.69) is 22.4 Å². The number of aromatic nitrogens is 3. The van der Waals surface area contributed by atoms with Gasteiger partial charge in [-0.2, -0.15) is 0 Å². The Morgan fingerprint density at radius 1 is 1.03 bits per heavy atom. The van der Waals surface area contributed by atoms with Gasteiger partial charge in [0.15, 0.2) is 0 Å². The van der Waals surface area contributed by atoms with Crippen molar-refractivity contribution >= 4 is 28.5 Å². The minimum Gasteiger partial charge on any atom is -0.381 e. The van der Waals surface area contributed by atoms with E-state index in [0.717, 1.165) is 75.9 Å². The van der Waals surface area contributed by atoms with E-state index in [1.54, 1.807) is 12.3 Å². The number of hydrogen-bond donors (Lipinski definition) is 1. The first-order valence-electron chi connectivity index (χ1n) is 12.7. The van der Waals surface area contributed by atoms with Gasteiger partial charge in [0, 0.05) is 38.5 Å². The van der Waals surface area contributed by atoms with Gasteiger partial charge in [0.2, 0.25) is 0 Å². The third kappa shape index (κ3) is 5.31. The Balaban J connectivity index is 1.24. The molecule has 0 spiro atoms. The topological polar surface area (TPSA) is 78.2 Å². The number of aryl methyl sites for hydroxylation is 1. The highest BCUT2D eigenvalue weighted by molar-refractivity contribution is 6.30. The fourth-order valence-corrected chi connectivity index (χ4v) is 5.72. The molecule has 2 aromatic heterocycles. The number of carbonyl (C=O) groups excluding carboxylic acids is 1. The van der Waals surface area contributed by atoms with Gasteiger partial charge in [-0.05, 0) is 75.5 Å². The van der Waals surface area contributed by atoms with Gasteiger partial charge in [0.05, 0.1) is 27.3 Å². The number of fused-ring (bicyclic) bond motifs is 1. The lowest BCUT2D eigenvalue weighted by Gasteiger charge is -2.29. The number of ether oxygens (including phenoxy) is 1. The zero-order valence-corrected chi connectivity index (χ0v) is 21.0. The second-order valence-electron chi connectivity index (χ2n) is 10.0. The van der Waals surface area contributed by atoms with Crippen molar-refractivity contribution in [2.24, 2.45) is 11.8 Å². The Morgan fingerprint density at radius 3 is 2.26 bits per heavy atom. The van der Waals surface area contributed by atoms with E-state index >= 15 is 0 Å². The van der Waals surface area contributed by atoms with Crippen molar-refractivity contribution in [2.75, 3.05) is 13.2 Å². The number of para-hydroxylation sites is 2. The van der Waals surface area contributed by atoms with E-state index in [1.165, 1.54) is 0 Å². The molecule has 8 heteroatoms. The summed E-state index contributed by atoms with van der Waals surface area (Å²) in [7, 11) is 0. The average Bonchev–Trinajstić information content (AvgIpc) is 3.13. The summed E-state index contributed by atoms with van der Waals surface area (Å²) in [6.07, 6.45) is 7.32. The van der Waals surface area contributed by atoms with E-state index < -0.39 is 0 Å². The molecule has 0 unspecified atom stereocenters. The summed E-state index contributed by atoms with van der Waals surface area (Å²) in [4.78, 5) is 30.4. The maximum atomic E-state index is 13.5. The Kier molecular flexibility index (Phi) is 7.25. The minimum atomic E-state index is -0.117. The number of nitrogens with one attached hydrogen (secondary N) is 1. The highest BCUT2D eigenvalue weighted by Gasteiger charge is 2.26. The van der Waals surface area contributed by atoms with Crippen LogP contribution in [-0.2, 0) is 17.8 Å². The summed E-state index contributed by atoms with van der Waals surface area (Å²) in [5, 5.41) is 3.62. The maximum Gasteiger partial charge on any atom is 0.329 e. The standard InChI is InChI=1S/C27H33ClN4O3/c1-18-23(14-21(28)15-29-18)26(33)30-22-8-6-19(7-9-22)16-31-24-4-2-3-5-25(24)32(27(31)34)17-20-10-12-35-13-11-20/h2-5,14-15,19-20,22H,6-13,16-17H2,1H3,(H,30,33)/t19-,22-. The van der Waals surface area contributed by atoms with Gasteiger partial charge in [-0.3, -0.25) is 18.9 Å². The predicted octanol–water partition coefficient (Wildman–Crippen LogP) is 4.58. The normalized spacial score (nSPS) is 21.3. The minimum absolute atomic E-state index is 0.0945. The molecule has 1 saturated carbocycles. The fraction of sp³-hybridized carbons (Fsp3) is 0.519. The van der Waals surface area contributed by atoms with E-state index in [4.69, 9.17) is 16.3 Å². The van der Waals surface area contributed by atoms with E-state index in [9.17, 15) is 9.59 Å². The summed E-state index contributed by atoms with van der Waals surface area (Å²) in [5.74, 6) is 0.782. The average molecular weight is 497 g/mol. The first kappa shape index (κ1) is 24.1. The van der Waals surface area contributed by atoms with Crippen LogP contribution in [0.5, 0.6) is 0 Å². The summed E-state index contributed by atoms with van der Waals surface area (Å²) < 4.78 is 9.44. The molecule has 35 heavy (non-hydrogen) atoms. The van der Waals surface area contributed by atoms with Crippen LogP contribution in [0, 0.1) is 18.8 Å². The Labute approximate surface area is 210 Å². The largest absolute Gasteiger partial charge is 0.381 e. The molecule has 5 rings (SSSR count). The predicted molar refractivity (Wildman–Crippen MR) is 137 cm³/mol. The van der Waals surface area contributed by atoms with Gasteiger partial charge < -0.3 is 10.1 Å². The summed E-state index contributed by atoms with van der Waals surface area (Å²) >= 11 is 6.03. The lowest BCUT2D eigenvalue weighted by atomic mass is 9.85. The molecule has 2 fully saturated rings. The smallest absolute Gasteiger partial charge is 0.329 e. The van der Waals surface area contributed by atoms with Crippen LogP contribution < -0.4 is 11.0 Å². The zero-order chi connectivity index (χ0) is 24.4. The van der Waals surface area contributed by atoms with Crippen LogP contribution in [0.4, 0.5) is 0 Å². The molecule has 186 valence electrons. The molecule has 0 bridgehead atoms. The Bertz CT molecular complexity index is 1250. The Hall–Kier alpha value is -2.64. The van der Waals surface area contributed by atoms with Crippen LogP contribution in [0.2, 0.25) is 5.02 Å². The molecule has 1 aromatic carbocycles. The van der Waals surface area contributed by atoms with Gasteiger partial charge in [0.25, 0.3) is 5.91 Å². The molecule has 0 atom stereocenters. The molecule has 1 saturated heterocycles. The number of hydrogen-bond acceptors (Lipinski definition) is 4. The van der Waals surface area contributed by atoms with Gasteiger partial charge in [0.1, 0.15) is 0 Å². The molecule has 3 heterocycles. The Morgan fingerprint density at radius 2 is 1.63 bits per heavy atom. The molecule has 1 N–H and O–H groups in total. The second-order valence-corrected chi connectivity index (χ2v) is 10.5. The van der Waals surface area contributed by atoms with E-state index in [1.807, 2.05) is 28.2 Å². The molecule has 1 aliphatic heterocycles. The van der Waals surface area contributed by atoms with Crippen molar-refractivity contribution in [2.45, 2.75) is 64.6 Å². The maximum absolute atomic E-state index is 13.5. The lowest BCUT2D eigenvalue weighted by Crippen LogP contribution is -2.39. The van der Waals surface area contributed by atoms with Crippen molar-refractivity contribution in [1.82, 2.24) is 19.4 Å². The number of carbonyl (C=O) groups is 1. The molecule has 7 nitrogen and oxygen atoms in total. The van der Waals surface area contributed by atoms with Crippen molar-refractivity contribution in [3.8, 4) is 0 Å². The zero-order valence-electron chi connectivity index (χ0n) is 20.2. The van der Waals surface area contributed by atoms with Gasteiger partial charge >= 0.3 is 5.69 Å². The summed E-state index contributed by atoms with van der Waals surface area (Å²) in [6, 6.07) is 9.95. The molecule has 2 aliphatic rings. The third-order valence-corrected chi connectivity index (χ3v) is 7.83. The van der Waals surface area contributed by atoms with Crippen molar-refractivity contribution in [3.05, 3.63) is 63.3 Å². The third-order valence-electron chi connectivity index (χ3n) is 7.63. The number of nitrogens with zero attached hydrogens (tertiary/aromatic N) is 3. The summed E-state index contributed by atoms with van der Waals surface area (Å²) in [6.45, 7) is 4.86. The number of pyridine rings is 1. The number of amides is 1. The quantitative estimate of drug-likeness (QED) is 0.542. The van der Waals surface area contributed by atoms with Crippen LogP contribution in [-0.4, -0.2) is 39.3 Å². The lowest BCUT2D eigenvalue weighted by molar-refractivity contribution is 0.0612. The van der Waals surface area contributed by atoms with Crippen LogP contribution in [0.3, 0.4) is 0 Å². The van der Waals surface area contributed by atoms with Crippen molar-refractivity contribution < 1.29 is 9.53 Å². The van der Waals surface area contributed by atoms with Crippen LogP contribution >= 0.6 is 11.6 Å². The molecular formula is C27H33ClN4O3. The molecule has 0 radical (unpaired) electrons. The van der Waals surface area contributed by atoms with Gasteiger partial charge in [-0.15, -0.1) is 0 Å². The fourth-order valence-electron chi connectivity index (χ4n) is 5.56. The van der Waals surface area contributed by atoms with Crippen LogP contribution in [0.25, 0.3) is 11.0 Å². The van der Waals surface area contributed by atoms with E-state index in [0.29, 0.717) is 28.1 Å². The van der Waals surface area contributed by atoms with Crippen LogP contribution in [0.15, 0.2) is 41.3 Å². The summed E-state index contributed by atoms with van der Waals surface area (Å²) in [5.41, 5.74) is 3.34. The number of halogens is 1. The number of benzene rings is 1. The van der Waals surface area contributed by atoms with Gasteiger partial charge in [-0.1, -0.05) is 23.7 Å². The number of rotatable bonds is 6. The second kappa shape index (κ2) is 10.5. The molecular weight excluding hydrogens is 464 g/mol. The number of imidazole rings is 1. The highest BCUT2D eigenvalue weighted by Crippen LogP contribution is 2.28. The van der Waals surface area contributed by atoms with Crippen molar-refractivity contribution in [3.63, 3.8) is 0 Å². The monoisotopic (exact) mass is 496 g/mol. The first-order valence-corrected chi connectivity index (χ1v) is 13.1. The highest BCUT2D eigenvalue weighted by atomic mass is 35.5. The molecule has 1 amide bonds.